The third-order valence-corrected chi connectivity index (χ3v) is 5.38. The second kappa shape index (κ2) is 12.8. The zero-order valence-electron chi connectivity index (χ0n) is 16.5. The van der Waals surface area contributed by atoms with Crippen molar-refractivity contribution in [1.82, 2.24) is 4.90 Å². The van der Waals surface area contributed by atoms with Gasteiger partial charge in [-0.05, 0) is 83.5 Å². The van der Waals surface area contributed by atoms with Crippen LogP contribution in [0.25, 0.3) is 0 Å². The molecule has 1 unspecified atom stereocenters. The maximum atomic E-state index is 11.1. The second-order valence-corrected chi connectivity index (χ2v) is 7.42. The monoisotopic (exact) mass is 397 g/mol. The zero-order chi connectivity index (χ0) is 18.1. The summed E-state index contributed by atoms with van der Waals surface area (Å²) in [6.07, 6.45) is 25.1. The fourth-order valence-electron chi connectivity index (χ4n) is 3.85. The van der Waals surface area contributed by atoms with E-state index in [-0.39, 0.29) is 17.1 Å². The summed E-state index contributed by atoms with van der Waals surface area (Å²) in [5, 5.41) is 11.1. The molecule has 1 saturated heterocycles. The number of nitrogens with zero attached hydrogens (tertiary/aromatic N) is 1. The van der Waals surface area contributed by atoms with Crippen LogP contribution in [0.1, 0.15) is 59.3 Å². The molecule has 3 atom stereocenters. The number of unbranched alkanes of at least 4 members (excludes halogenated alkanes) is 2. The molecule has 3 aliphatic rings. The predicted molar refractivity (Wildman–Crippen MR) is 106 cm³/mol. The summed E-state index contributed by atoms with van der Waals surface area (Å²) in [5.41, 5.74) is -0.474. The Labute approximate surface area is 174 Å². The first-order valence-electron chi connectivity index (χ1n) is 9.97. The minimum absolute atomic E-state index is 0. The van der Waals surface area contributed by atoms with Crippen LogP contribution in [0.2, 0.25) is 0 Å². The quantitative estimate of drug-likeness (QED) is 0.454. The molecule has 10 radical (unpaired) electrons. The fraction of sp³-hybridized carbons (Fsp3) is 0.565. The standard InChI is InChI=1S/C18H30NO.C5H5.Fe/c1-4-6-12-18(20,13-7-5-2)17-15(3)19(17)14-16-10-8-9-11-16;1-2-4-5-3-1;/h8-11,15,17,20H,4-7,12-14H2,1-3H3;1-5H;/q;;+2/t15-,17-,19?;;/m0../s1. The van der Waals surface area contributed by atoms with Crippen molar-refractivity contribution in [2.45, 2.75) is 77.0 Å². The molecule has 0 bridgehead atoms. The summed E-state index contributed by atoms with van der Waals surface area (Å²) >= 11 is 0. The van der Waals surface area contributed by atoms with E-state index in [2.05, 4.69) is 51.4 Å². The molecule has 1 heterocycles. The molecule has 1 aliphatic heterocycles. The Morgan fingerprint density at radius 3 is 1.77 bits per heavy atom. The van der Waals surface area contributed by atoms with Gasteiger partial charge in [-0.15, -0.1) is 0 Å². The molecule has 0 aromatic heterocycles. The van der Waals surface area contributed by atoms with Gasteiger partial charge in [-0.25, -0.2) is 0 Å². The third-order valence-electron chi connectivity index (χ3n) is 5.38. The zero-order valence-corrected chi connectivity index (χ0v) is 17.7. The van der Waals surface area contributed by atoms with Gasteiger partial charge in [0, 0.05) is 12.6 Å². The summed E-state index contributed by atoms with van der Waals surface area (Å²) in [6.45, 7) is 7.66. The average molecular weight is 397 g/mol. The Bertz CT molecular complexity index is 337. The van der Waals surface area contributed by atoms with E-state index in [1.165, 1.54) is 18.8 Å². The molecule has 3 fully saturated rings. The van der Waals surface area contributed by atoms with Gasteiger partial charge in [0.1, 0.15) is 0 Å². The van der Waals surface area contributed by atoms with Crippen molar-refractivity contribution in [3.8, 4) is 0 Å². The van der Waals surface area contributed by atoms with Gasteiger partial charge >= 0.3 is 17.1 Å². The van der Waals surface area contributed by atoms with E-state index in [0.29, 0.717) is 12.1 Å². The van der Waals surface area contributed by atoms with E-state index < -0.39 is 5.60 Å². The van der Waals surface area contributed by atoms with Crippen molar-refractivity contribution in [3.05, 3.63) is 63.7 Å². The Morgan fingerprint density at radius 2 is 1.35 bits per heavy atom. The smallest absolute Gasteiger partial charge is 0.388 e. The molecule has 0 aromatic carbocycles. The van der Waals surface area contributed by atoms with E-state index in [0.717, 1.165) is 32.2 Å². The van der Waals surface area contributed by atoms with Crippen LogP contribution in [0, 0.1) is 63.7 Å². The van der Waals surface area contributed by atoms with Crippen LogP contribution in [0.15, 0.2) is 0 Å². The number of hydrogen-bond acceptors (Lipinski definition) is 2. The first-order chi connectivity index (χ1) is 12.1. The molecule has 3 heteroatoms. The van der Waals surface area contributed by atoms with Crippen molar-refractivity contribution in [3.63, 3.8) is 0 Å². The number of aliphatic hydroxyl groups is 1. The van der Waals surface area contributed by atoms with E-state index in [4.69, 9.17) is 0 Å². The first-order valence-corrected chi connectivity index (χ1v) is 9.97. The van der Waals surface area contributed by atoms with Gasteiger partial charge in [-0.3, -0.25) is 4.90 Å². The first kappa shape index (κ1) is 24.5. The van der Waals surface area contributed by atoms with Crippen molar-refractivity contribution in [1.29, 1.82) is 0 Å². The molecule has 2 nitrogen and oxygen atoms in total. The van der Waals surface area contributed by atoms with Gasteiger partial charge in [0.2, 0.25) is 0 Å². The predicted octanol–water partition coefficient (Wildman–Crippen LogP) is 4.59. The minimum Gasteiger partial charge on any atom is -0.388 e. The number of hydrogen-bond donors (Lipinski definition) is 1. The number of rotatable bonds is 9. The van der Waals surface area contributed by atoms with Crippen LogP contribution in [0.4, 0.5) is 0 Å². The van der Waals surface area contributed by atoms with Gasteiger partial charge in [-0.1, -0.05) is 39.5 Å². The van der Waals surface area contributed by atoms with Gasteiger partial charge in [0.15, 0.2) is 0 Å². The van der Waals surface area contributed by atoms with Crippen LogP contribution >= 0.6 is 0 Å². The maximum Gasteiger partial charge on any atom is 2.00 e. The Balaban J connectivity index is 0.000000486. The normalized spacial score (nSPS) is 28.4. The summed E-state index contributed by atoms with van der Waals surface area (Å²) < 4.78 is 0. The van der Waals surface area contributed by atoms with E-state index in [1.807, 2.05) is 32.1 Å². The topological polar surface area (TPSA) is 23.2 Å². The molecular formula is C23H35FeNO+2. The second-order valence-electron chi connectivity index (χ2n) is 7.42. The average Bonchev–Trinajstić information content (AvgIpc) is 3.11. The van der Waals surface area contributed by atoms with Gasteiger partial charge in [0.25, 0.3) is 0 Å². The van der Waals surface area contributed by atoms with Crippen molar-refractivity contribution < 1.29 is 22.2 Å². The van der Waals surface area contributed by atoms with E-state index >= 15 is 0 Å². The van der Waals surface area contributed by atoms with Crippen LogP contribution in [0.5, 0.6) is 0 Å². The molecule has 1 N–H and O–H groups in total. The minimum atomic E-state index is -0.474. The van der Waals surface area contributed by atoms with Gasteiger partial charge < -0.3 is 5.11 Å². The Kier molecular flexibility index (Phi) is 12.1. The van der Waals surface area contributed by atoms with Crippen LogP contribution in [-0.4, -0.2) is 34.2 Å². The molecule has 2 saturated carbocycles. The molecule has 0 aromatic rings. The van der Waals surface area contributed by atoms with Crippen LogP contribution < -0.4 is 0 Å². The van der Waals surface area contributed by atoms with Gasteiger partial charge in [-0.2, -0.15) is 0 Å². The van der Waals surface area contributed by atoms with Crippen LogP contribution in [0.3, 0.4) is 0 Å². The molecule has 0 spiro atoms. The third kappa shape index (κ3) is 7.46. The van der Waals surface area contributed by atoms with Crippen molar-refractivity contribution in [2.24, 2.45) is 0 Å². The molecule has 0 amide bonds. The summed E-state index contributed by atoms with van der Waals surface area (Å²) in [6, 6.07) is 0.874. The molecule has 26 heavy (non-hydrogen) atoms. The van der Waals surface area contributed by atoms with E-state index in [1.54, 1.807) is 0 Å². The molecule has 144 valence electrons. The SMILES string of the molecule is CCCCC(O)(CCCC)[C@@H]1[C@H](C)N1C[C]1[CH][CH][CH][CH]1.[CH]1[CH][CH][CH][CH]1.[Fe+2]. The fourth-order valence-corrected chi connectivity index (χ4v) is 3.85. The van der Waals surface area contributed by atoms with Crippen molar-refractivity contribution >= 4 is 0 Å². The van der Waals surface area contributed by atoms with Crippen molar-refractivity contribution in [2.75, 3.05) is 6.54 Å². The van der Waals surface area contributed by atoms with Gasteiger partial charge in [0.05, 0.1) is 11.6 Å². The summed E-state index contributed by atoms with van der Waals surface area (Å²) in [5.74, 6) is 1.37. The Morgan fingerprint density at radius 1 is 0.885 bits per heavy atom. The summed E-state index contributed by atoms with van der Waals surface area (Å²) in [7, 11) is 0. The molecule has 3 rings (SSSR count). The molecular weight excluding hydrogens is 362 g/mol. The van der Waals surface area contributed by atoms with E-state index in [9.17, 15) is 5.11 Å². The maximum absolute atomic E-state index is 11.1. The Hall–Kier alpha value is 0.439. The summed E-state index contributed by atoms with van der Waals surface area (Å²) in [4.78, 5) is 2.46. The largest absolute Gasteiger partial charge is 2.00 e. The van der Waals surface area contributed by atoms with Crippen LogP contribution in [-0.2, 0) is 17.1 Å². The molecule has 2 aliphatic carbocycles.